The molecule has 4 rings (SSSR count). The van der Waals surface area contributed by atoms with E-state index in [2.05, 4.69) is 53.1 Å². The first-order valence-electron chi connectivity index (χ1n) is 7.81. The Morgan fingerprint density at radius 2 is 1.87 bits per heavy atom. The Labute approximate surface area is 134 Å². The van der Waals surface area contributed by atoms with Gasteiger partial charge in [0.2, 0.25) is 0 Å². The van der Waals surface area contributed by atoms with Gasteiger partial charge in [-0.2, -0.15) is 0 Å². The normalized spacial score (nSPS) is 13.1. The Hall–Kier alpha value is -2.81. The first-order valence-corrected chi connectivity index (χ1v) is 7.81. The summed E-state index contributed by atoms with van der Waals surface area (Å²) >= 11 is 0. The molecule has 0 aliphatic carbocycles. The molecule has 0 saturated heterocycles. The zero-order chi connectivity index (χ0) is 15.8. The highest BCUT2D eigenvalue weighted by Crippen LogP contribution is 2.35. The molecule has 114 valence electrons. The summed E-state index contributed by atoms with van der Waals surface area (Å²) in [5.41, 5.74) is 5.91. The lowest BCUT2D eigenvalue weighted by Crippen LogP contribution is -2.03. The smallest absolute Gasteiger partial charge is 0.303 e. The molecule has 0 fully saturated rings. The van der Waals surface area contributed by atoms with E-state index in [1.54, 1.807) is 0 Å². The van der Waals surface area contributed by atoms with Crippen molar-refractivity contribution >= 4 is 22.9 Å². The molecule has 1 aliphatic heterocycles. The maximum absolute atomic E-state index is 10.9. The lowest BCUT2D eigenvalue weighted by Gasteiger charge is -2.10. The Kier molecular flexibility index (Phi) is 3.27. The maximum atomic E-state index is 10.9. The molecule has 0 bridgehead atoms. The first-order chi connectivity index (χ1) is 11.2. The molecule has 1 aliphatic rings. The SMILES string of the molecule is O=C(O)CCC1=Cc2ccccc2-c2cc3ccccc3n2C1. The van der Waals surface area contributed by atoms with Gasteiger partial charge in [0.05, 0.1) is 0 Å². The van der Waals surface area contributed by atoms with Crippen molar-refractivity contribution < 1.29 is 9.90 Å². The Morgan fingerprint density at radius 3 is 2.74 bits per heavy atom. The summed E-state index contributed by atoms with van der Waals surface area (Å²) in [5, 5.41) is 10.2. The number of benzene rings is 2. The molecular formula is C20H17NO2. The summed E-state index contributed by atoms with van der Waals surface area (Å²) in [7, 11) is 0. The van der Waals surface area contributed by atoms with Gasteiger partial charge in [0.15, 0.2) is 0 Å². The molecule has 0 amide bonds. The highest BCUT2D eigenvalue weighted by atomic mass is 16.4. The number of hydrogen-bond acceptors (Lipinski definition) is 1. The Balaban J connectivity index is 1.91. The molecule has 3 nitrogen and oxygen atoms in total. The third-order valence-corrected chi connectivity index (χ3v) is 4.43. The summed E-state index contributed by atoms with van der Waals surface area (Å²) in [6.07, 6.45) is 2.90. The van der Waals surface area contributed by atoms with Gasteiger partial charge in [-0.1, -0.05) is 48.5 Å². The fourth-order valence-electron chi connectivity index (χ4n) is 3.35. The second-order valence-electron chi connectivity index (χ2n) is 5.96. The van der Waals surface area contributed by atoms with Crippen molar-refractivity contribution in [1.82, 2.24) is 4.57 Å². The topological polar surface area (TPSA) is 42.2 Å². The summed E-state index contributed by atoms with van der Waals surface area (Å²) in [6.45, 7) is 0.741. The number of para-hydroxylation sites is 1. The van der Waals surface area contributed by atoms with Crippen molar-refractivity contribution in [2.75, 3.05) is 0 Å². The van der Waals surface area contributed by atoms with Crippen molar-refractivity contribution in [3.63, 3.8) is 0 Å². The van der Waals surface area contributed by atoms with E-state index in [4.69, 9.17) is 5.11 Å². The van der Waals surface area contributed by atoms with Gasteiger partial charge in [0, 0.05) is 35.1 Å². The van der Waals surface area contributed by atoms with E-state index in [0.717, 1.165) is 17.7 Å². The van der Waals surface area contributed by atoms with Crippen LogP contribution in [0.15, 0.2) is 60.2 Å². The molecule has 3 aromatic rings. The van der Waals surface area contributed by atoms with Crippen LogP contribution in [0.2, 0.25) is 0 Å². The molecule has 0 unspecified atom stereocenters. The van der Waals surface area contributed by atoms with Crippen LogP contribution in [0.1, 0.15) is 18.4 Å². The minimum Gasteiger partial charge on any atom is -0.481 e. The number of carboxylic acid groups (broad SMARTS) is 1. The highest BCUT2D eigenvalue weighted by molar-refractivity contribution is 5.90. The van der Waals surface area contributed by atoms with Gasteiger partial charge in [0.25, 0.3) is 0 Å². The molecule has 3 heteroatoms. The molecule has 1 aromatic heterocycles. The molecule has 0 spiro atoms. The van der Waals surface area contributed by atoms with Gasteiger partial charge in [-0.25, -0.2) is 0 Å². The zero-order valence-corrected chi connectivity index (χ0v) is 12.7. The zero-order valence-electron chi connectivity index (χ0n) is 12.7. The van der Waals surface area contributed by atoms with Crippen molar-refractivity contribution in [3.05, 3.63) is 65.7 Å². The number of carboxylic acids is 1. The Morgan fingerprint density at radius 1 is 1.09 bits per heavy atom. The molecule has 2 aromatic carbocycles. The average Bonchev–Trinajstić information content (AvgIpc) is 2.83. The standard InChI is InChI=1S/C20H17NO2/c22-20(23)10-9-14-11-15-5-1-3-7-17(15)19-12-16-6-2-4-8-18(16)21(19)13-14/h1-8,11-12H,9-10,13H2,(H,22,23). The fraction of sp³-hybridized carbons (Fsp3) is 0.150. The number of allylic oxidation sites excluding steroid dienone is 1. The van der Waals surface area contributed by atoms with Crippen molar-refractivity contribution in [2.45, 2.75) is 19.4 Å². The van der Waals surface area contributed by atoms with E-state index in [9.17, 15) is 4.79 Å². The number of carbonyl (C=O) groups is 1. The fourth-order valence-corrected chi connectivity index (χ4v) is 3.35. The molecular weight excluding hydrogens is 286 g/mol. The van der Waals surface area contributed by atoms with E-state index in [0.29, 0.717) is 6.42 Å². The van der Waals surface area contributed by atoms with Crippen molar-refractivity contribution in [1.29, 1.82) is 0 Å². The average molecular weight is 303 g/mol. The number of rotatable bonds is 3. The molecule has 23 heavy (non-hydrogen) atoms. The molecule has 0 saturated carbocycles. The molecule has 2 heterocycles. The third-order valence-electron chi connectivity index (χ3n) is 4.43. The van der Waals surface area contributed by atoms with Crippen LogP contribution in [0, 0.1) is 0 Å². The predicted octanol–water partition coefficient (Wildman–Crippen LogP) is 4.57. The number of aliphatic carboxylic acids is 1. The van der Waals surface area contributed by atoms with Gasteiger partial charge < -0.3 is 9.67 Å². The number of hydrogen-bond donors (Lipinski definition) is 1. The minimum absolute atomic E-state index is 0.169. The van der Waals surface area contributed by atoms with E-state index in [1.165, 1.54) is 22.2 Å². The lowest BCUT2D eigenvalue weighted by molar-refractivity contribution is -0.136. The maximum Gasteiger partial charge on any atom is 0.303 e. The van der Waals surface area contributed by atoms with E-state index < -0.39 is 5.97 Å². The quantitative estimate of drug-likeness (QED) is 0.770. The van der Waals surface area contributed by atoms with Gasteiger partial charge in [-0.3, -0.25) is 4.79 Å². The number of fused-ring (bicyclic) bond motifs is 5. The second kappa shape index (κ2) is 5.43. The predicted molar refractivity (Wildman–Crippen MR) is 92.2 cm³/mol. The first kappa shape index (κ1) is 13.8. The summed E-state index contributed by atoms with van der Waals surface area (Å²) in [4.78, 5) is 10.9. The Bertz CT molecular complexity index is 934. The summed E-state index contributed by atoms with van der Waals surface area (Å²) in [6, 6.07) is 18.9. The van der Waals surface area contributed by atoms with E-state index >= 15 is 0 Å². The van der Waals surface area contributed by atoms with Gasteiger partial charge in [-0.05, 0) is 29.7 Å². The summed E-state index contributed by atoms with van der Waals surface area (Å²) < 4.78 is 2.30. The van der Waals surface area contributed by atoms with Crippen LogP contribution in [-0.2, 0) is 11.3 Å². The van der Waals surface area contributed by atoms with E-state index in [-0.39, 0.29) is 6.42 Å². The van der Waals surface area contributed by atoms with Gasteiger partial charge in [-0.15, -0.1) is 0 Å². The molecule has 0 radical (unpaired) electrons. The van der Waals surface area contributed by atoms with Crippen LogP contribution in [0.4, 0.5) is 0 Å². The van der Waals surface area contributed by atoms with Crippen LogP contribution in [0.5, 0.6) is 0 Å². The number of nitrogens with zero attached hydrogens (tertiary/aromatic N) is 1. The van der Waals surface area contributed by atoms with Crippen LogP contribution in [-0.4, -0.2) is 15.6 Å². The van der Waals surface area contributed by atoms with Crippen LogP contribution >= 0.6 is 0 Å². The van der Waals surface area contributed by atoms with Gasteiger partial charge >= 0.3 is 5.97 Å². The van der Waals surface area contributed by atoms with Crippen LogP contribution in [0.3, 0.4) is 0 Å². The third kappa shape index (κ3) is 2.44. The monoisotopic (exact) mass is 303 g/mol. The number of aromatic nitrogens is 1. The van der Waals surface area contributed by atoms with E-state index in [1.807, 2.05) is 12.1 Å². The summed E-state index contributed by atoms with van der Waals surface area (Å²) in [5.74, 6) is -0.749. The van der Waals surface area contributed by atoms with Crippen molar-refractivity contribution in [3.8, 4) is 11.3 Å². The molecule has 0 atom stereocenters. The minimum atomic E-state index is -0.749. The van der Waals surface area contributed by atoms with Crippen molar-refractivity contribution in [2.24, 2.45) is 0 Å². The lowest BCUT2D eigenvalue weighted by atomic mass is 10.0. The van der Waals surface area contributed by atoms with Gasteiger partial charge in [0.1, 0.15) is 0 Å². The van der Waals surface area contributed by atoms with Crippen LogP contribution < -0.4 is 0 Å². The highest BCUT2D eigenvalue weighted by Gasteiger charge is 2.17. The molecule has 1 N–H and O–H groups in total. The largest absolute Gasteiger partial charge is 0.481 e. The van der Waals surface area contributed by atoms with Crippen LogP contribution in [0.25, 0.3) is 28.2 Å². The second-order valence-corrected chi connectivity index (χ2v) is 5.96.